The lowest BCUT2D eigenvalue weighted by Gasteiger charge is -2.21. The van der Waals surface area contributed by atoms with Gasteiger partial charge in [0.05, 0.1) is 11.0 Å². The van der Waals surface area contributed by atoms with Crippen LogP contribution >= 0.6 is 0 Å². The molecule has 0 saturated heterocycles. The van der Waals surface area contributed by atoms with Crippen LogP contribution in [0, 0.1) is 18.8 Å². The number of benzene rings is 1. The van der Waals surface area contributed by atoms with Gasteiger partial charge in [-0.2, -0.15) is 8.42 Å². The van der Waals surface area contributed by atoms with Crippen molar-refractivity contribution in [2.24, 2.45) is 11.8 Å². The third kappa shape index (κ3) is 2.45. The highest BCUT2D eigenvalue weighted by molar-refractivity contribution is 7.86. The van der Waals surface area contributed by atoms with Gasteiger partial charge in [-0.25, -0.2) is 0 Å². The molecule has 4 heteroatoms. The molecule has 3 unspecified atom stereocenters. The van der Waals surface area contributed by atoms with E-state index in [1.54, 1.807) is 24.3 Å². The lowest BCUT2D eigenvalue weighted by Crippen LogP contribution is -2.22. The predicted molar refractivity (Wildman–Crippen MR) is 68.7 cm³/mol. The molecule has 3 nitrogen and oxygen atoms in total. The highest BCUT2D eigenvalue weighted by Crippen LogP contribution is 2.50. The Bertz CT molecular complexity index is 533. The molecule has 1 aromatic rings. The van der Waals surface area contributed by atoms with Crippen molar-refractivity contribution in [1.82, 2.24) is 0 Å². The van der Waals surface area contributed by atoms with Gasteiger partial charge >= 0.3 is 0 Å². The van der Waals surface area contributed by atoms with Crippen molar-refractivity contribution in [3.05, 3.63) is 29.8 Å². The summed E-state index contributed by atoms with van der Waals surface area (Å²) in [7, 11) is -3.58. The third-order valence-corrected chi connectivity index (χ3v) is 5.44. The SMILES string of the molecule is Cc1ccc(S(=O)(=O)OC2CCC3CC3C2)cc1. The molecule has 18 heavy (non-hydrogen) atoms. The minimum absolute atomic E-state index is 0.111. The second kappa shape index (κ2) is 4.35. The quantitative estimate of drug-likeness (QED) is 0.790. The van der Waals surface area contributed by atoms with Gasteiger partial charge in [0.15, 0.2) is 0 Å². The smallest absolute Gasteiger partial charge is 0.263 e. The van der Waals surface area contributed by atoms with E-state index >= 15 is 0 Å². The van der Waals surface area contributed by atoms with Crippen LogP contribution in [0.1, 0.15) is 31.2 Å². The molecule has 0 heterocycles. The Balaban J connectivity index is 1.72. The van der Waals surface area contributed by atoms with Crippen LogP contribution in [0.4, 0.5) is 0 Å². The van der Waals surface area contributed by atoms with Crippen molar-refractivity contribution >= 4 is 10.1 Å². The number of hydrogen-bond donors (Lipinski definition) is 0. The van der Waals surface area contributed by atoms with Crippen molar-refractivity contribution in [2.75, 3.05) is 0 Å². The topological polar surface area (TPSA) is 43.4 Å². The fourth-order valence-electron chi connectivity index (χ4n) is 2.84. The molecule has 98 valence electrons. The van der Waals surface area contributed by atoms with Gasteiger partial charge in [-0.1, -0.05) is 17.7 Å². The highest BCUT2D eigenvalue weighted by Gasteiger charge is 2.43. The van der Waals surface area contributed by atoms with Crippen molar-refractivity contribution in [2.45, 2.75) is 43.6 Å². The third-order valence-electron chi connectivity index (χ3n) is 4.07. The summed E-state index contributed by atoms with van der Waals surface area (Å²) in [5.41, 5.74) is 1.05. The van der Waals surface area contributed by atoms with Gasteiger partial charge in [0.1, 0.15) is 0 Å². The Morgan fingerprint density at radius 2 is 1.78 bits per heavy atom. The van der Waals surface area contributed by atoms with E-state index in [1.165, 1.54) is 6.42 Å². The average Bonchev–Trinajstić information content (AvgIpc) is 3.07. The van der Waals surface area contributed by atoms with E-state index in [0.29, 0.717) is 0 Å². The van der Waals surface area contributed by atoms with E-state index in [1.807, 2.05) is 6.92 Å². The Kier molecular flexibility index (Phi) is 2.94. The molecule has 1 aromatic carbocycles. The van der Waals surface area contributed by atoms with Crippen molar-refractivity contribution in [1.29, 1.82) is 0 Å². The molecule has 0 radical (unpaired) electrons. The summed E-state index contributed by atoms with van der Waals surface area (Å²) in [6.45, 7) is 1.94. The van der Waals surface area contributed by atoms with E-state index in [9.17, 15) is 8.42 Å². The molecule has 2 aliphatic carbocycles. The zero-order chi connectivity index (χ0) is 12.8. The lowest BCUT2D eigenvalue weighted by atomic mass is 9.98. The van der Waals surface area contributed by atoms with Gasteiger partial charge in [0.25, 0.3) is 10.1 Å². The molecule has 3 rings (SSSR count). The Hall–Kier alpha value is -0.870. The first-order valence-electron chi connectivity index (χ1n) is 6.54. The molecule has 0 aliphatic heterocycles. The zero-order valence-electron chi connectivity index (χ0n) is 10.5. The first-order chi connectivity index (χ1) is 8.54. The molecule has 0 bridgehead atoms. The van der Waals surface area contributed by atoms with Crippen molar-refractivity contribution < 1.29 is 12.6 Å². The average molecular weight is 266 g/mol. The highest BCUT2D eigenvalue weighted by atomic mass is 32.2. The number of hydrogen-bond acceptors (Lipinski definition) is 3. The number of fused-ring (bicyclic) bond motifs is 1. The maximum absolute atomic E-state index is 12.1. The molecule has 3 atom stereocenters. The van der Waals surface area contributed by atoms with Crippen LogP contribution in [0.3, 0.4) is 0 Å². The molecule has 0 spiro atoms. The van der Waals surface area contributed by atoms with E-state index in [4.69, 9.17) is 4.18 Å². The van der Waals surface area contributed by atoms with Crippen LogP contribution in [-0.2, 0) is 14.3 Å². The van der Waals surface area contributed by atoms with Crippen LogP contribution in [0.5, 0.6) is 0 Å². The standard InChI is InChI=1S/C14H18O3S/c1-10-2-6-14(7-3-10)18(15,16)17-13-5-4-11-8-12(11)9-13/h2-3,6-7,11-13H,4-5,8-9H2,1H3. The van der Waals surface area contributed by atoms with Crippen LogP contribution in [0.15, 0.2) is 29.2 Å². The minimum atomic E-state index is -3.58. The fourth-order valence-corrected chi connectivity index (χ4v) is 3.95. The van der Waals surface area contributed by atoms with Gasteiger partial charge in [0, 0.05) is 0 Å². The summed E-state index contributed by atoms with van der Waals surface area (Å²) in [6.07, 6.45) is 4.07. The maximum Gasteiger partial charge on any atom is 0.297 e. The molecule has 2 fully saturated rings. The molecule has 0 amide bonds. The van der Waals surface area contributed by atoms with E-state index in [2.05, 4.69) is 0 Å². The van der Waals surface area contributed by atoms with Gasteiger partial charge < -0.3 is 0 Å². The summed E-state index contributed by atoms with van der Waals surface area (Å²) in [5.74, 6) is 1.57. The largest absolute Gasteiger partial charge is 0.297 e. The second-order valence-electron chi connectivity index (χ2n) is 5.55. The fraction of sp³-hybridized carbons (Fsp3) is 0.571. The number of rotatable bonds is 3. The van der Waals surface area contributed by atoms with Crippen LogP contribution < -0.4 is 0 Å². The first kappa shape index (κ1) is 12.2. The van der Waals surface area contributed by atoms with Crippen molar-refractivity contribution in [3.8, 4) is 0 Å². The van der Waals surface area contributed by atoms with E-state index in [0.717, 1.165) is 36.7 Å². The van der Waals surface area contributed by atoms with E-state index in [-0.39, 0.29) is 11.0 Å². The second-order valence-corrected chi connectivity index (χ2v) is 7.13. The molecule has 2 saturated carbocycles. The summed E-state index contributed by atoms with van der Waals surface area (Å²) in [6, 6.07) is 6.84. The normalized spacial score (nSPS) is 30.8. The van der Waals surface area contributed by atoms with E-state index < -0.39 is 10.1 Å². The number of aryl methyl sites for hydroxylation is 1. The van der Waals surface area contributed by atoms with Crippen LogP contribution in [0.25, 0.3) is 0 Å². The predicted octanol–water partition coefficient (Wildman–Crippen LogP) is 2.89. The zero-order valence-corrected chi connectivity index (χ0v) is 11.3. The first-order valence-corrected chi connectivity index (χ1v) is 7.95. The van der Waals surface area contributed by atoms with Gasteiger partial charge in [-0.05, 0) is 56.6 Å². The molecule has 0 N–H and O–H groups in total. The van der Waals surface area contributed by atoms with Gasteiger partial charge in [0.2, 0.25) is 0 Å². The Labute approximate surface area is 108 Å². The maximum atomic E-state index is 12.1. The Morgan fingerprint density at radius 3 is 2.44 bits per heavy atom. The molecule has 0 aromatic heterocycles. The van der Waals surface area contributed by atoms with Gasteiger partial charge in [-0.15, -0.1) is 0 Å². The molecular weight excluding hydrogens is 248 g/mol. The summed E-state index contributed by atoms with van der Waals surface area (Å²) in [5, 5.41) is 0. The summed E-state index contributed by atoms with van der Waals surface area (Å²) >= 11 is 0. The molecule has 2 aliphatic rings. The van der Waals surface area contributed by atoms with Crippen LogP contribution in [-0.4, -0.2) is 14.5 Å². The van der Waals surface area contributed by atoms with Gasteiger partial charge in [-0.3, -0.25) is 4.18 Å². The van der Waals surface area contributed by atoms with Crippen LogP contribution in [0.2, 0.25) is 0 Å². The lowest BCUT2D eigenvalue weighted by molar-refractivity contribution is 0.157. The molecular formula is C14H18O3S. The Morgan fingerprint density at radius 1 is 1.06 bits per heavy atom. The minimum Gasteiger partial charge on any atom is -0.263 e. The summed E-state index contributed by atoms with van der Waals surface area (Å²) in [4.78, 5) is 0.269. The summed E-state index contributed by atoms with van der Waals surface area (Å²) < 4.78 is 29.6. The monoisotopic (exact) mass is 266 g/mol. The van der Waals surface area contributed by atoms with Crippen molar-refractivity contribution in [3.63, 3.8) is 0 Å².